The van der Waals surface area contributed by atoms with Crippen LogP contribution in [-0.2, 0) is 0 Å². The Morgan fingerprint density at radius 2 is 1.47 bits per heavy atom. The number of carboxylic acids is 1. The number of aromatic hydroxyl groups is 1. The first kappa shape index (κ1) is 18.0. The Kier molecular flexibility index (Phi) is 6.62. The van der Waals surface area contributed by atoms with Gasteiger partial charge in [-0.25, -0.2) is 0 Å². The van der Waals surface area contributed by atoms with Crippen LogP contribution in [0.3, 0.4) is 0 Å². The summed E-state index contributed by atoms with van der Waals surface area (Å²) in [6.07, 6.45) is 0. The normalized spacial score (nSPS) is 11.1. The fourth-order valence-electron chi connectivity index (χ4n) is 1.95. The molecule has 0 amide bonds. The van der Waals surface area contributed by atoms with Crippen LogP contribution in [0.15, 0.2) is 24.3 Å². The van der Waals surface area contributed by atoms with Crippen molar-refractivity contribution in [3.05, 3.63) is 29.8 Å². The van der Waals surface area contributed by atoms with E-state index in [1.807, 2.05) is 0 Å². The van der Waals surface area contributed by atoms with Crippen LogP contribution < -0.4 is 5.11 Å². The van der Waals surface area contributed by atoms with Gasteiger partial charge >= 0.3 is 65.3 Å². The van der Waals surface area contributed by atoms with Gasteiger partial charge in [-0.2, -0.15) is 0 Å². The minimum absolute atomic E-state index is 0.178. The van der Waals surface area contributed by atoms with Crippen LogP contribution in [0.1, 0.15) is 51.9 Å². The van der Waals surface area contributed by atoms with E-state index in [1.54, 1.807) is 6.07 Å². The van der Waals surface area contributed by atoms with Crippen molar-refractivity contribution in [3.63, 3.8) is 0 Å². The van der Waals surface area contributed by atoms with E-state index in [1.165, 1.54) is 18.2 Å². The molecule has 4 heteroatoms. The molecule has 1 N–H and O–H groups in total. The van der Waals surface area contributed by atoms with Crippen LogP contribution >= 0.6 is 0 Å². The first-order chi connectivity index (χ1) is 8.42. The standard InChI is InChI=1S/C7H6O3.2C4H9.Al/c8-6-4-2-1-3-5(6)7(9)10;2*1-4(2)3;/h1-4,8H,(H,9,10);2*1-3H3;/q;;;+1/p-1. The number of carboxylic acid groups (broad SMARTS) is 1. The zero-order valence-electron chi connectivity index (χ0n) is 12.7. The summed E-state index contributed by atoms with van der Waals surface area (Å²) >= 11 is 0.569. The monoisotopic (exact) mass is 278 g/mol. The molecule has 1 aromatic carbocycles. The summed E-state index contributed by atoms with van der Waals surface area (Å²) in [4.78, 5) is 10.2. The predicted octanol–water partition coefficient (Wildman–Crippen LogP) is 2.88. The molecule has 0 aliphatic rings. The maximum atomic E-state index is 10.2. The van der Waals surface area contributed by atoms with Crippen LogP contribution in [-0.4, -0.2) is 26.3 Å². The molecule has 0 aliphatic carbocycles. The molecule has 0 unspecified atom stereocenters. The molecule has 104 valence electrons. The minimum Gasteiger partial charge on any atom is -0.545 e. The van der Waals surface area contributed by atoms with Gasteiger partial charge in [0.1, 0.15) is 5.75 Å². The summed E-state index contributed by atoms with van der Waals surface area (Å²) in [6.45, 7) is 14.0. The summed E-state index contributed by atoms with van der Waals surface area (Å²) < 4.78 is 1.14. The SMILES string of the molecule is C[C](C)(C)[Al+][C](C)(C)C.O=C([O-])c1ccccc1O. The van der Waals surface area contributed by atoms with Gasteiger partial charge in [-0.1, -0.05) is 12.1 Å². The Bertz CT molecular complexity index is 402. The number of aromatic carboxylic acids is 1. The van der Waals surface area contributed by atoms with Crippen molar-refractivity contribution < 1.29 is 15.0 Å². The summed E-state index contributed by atoms with van der Waals surface area (Å²) in [5, 5.41) is 19.0. The summed E-state index contributed by atoms with van der Waals surface area (Å²) in [6, 6.07) is 5.64. The molecule has 0 saturated heterocycles. The molecule has 3 nitrogen and oxygen atoms in total. The maximum Gasteiger partial charge on any atom is 0.124 e. The fraction of sp³-hybridized carbons (Fsp3) is 0.533. The van der Waals surface area contributed by atoms with Crippen LogP contribution in [0, 0.1) is 0 Å². The van der Waals surface area contributed by atoms with Crippen molar-refractivity contribution in [1.29, 1.82) is 0 Å². The van der Waals surface area contributed by atoms with E-state index in [0.29, 0.717) is 23.8 Å². The Labute approximate surface area is 122 Å². The van der Waals surface area contributed by atoms with Gasteiger partial charge in [-0.3, -0.25) is 0 Å². The van der Waals surface area contributed by atoms with E-state index in [4.69, 9.17) is 5.11 Å². The number of benzene rings is 1. The van der Waals surface area contributed by atoms with Crippen molar-refractivity contribution in [1.82, 2.24) is 0 Å². The molecule has 0 saturated carbocycles. The second-order valence-corrected chi connectivity index (χ2v) is 10.4. The first-order valence-corrected chi connectivity index (χ1v) is 7.44. The number of rotatable bonds is 1. The van der Waals surface area contributed by atoms with Gasteiger partial charge in [0, 0.05) is 5.56 Å². The van der Waals surface area contributed by atoms with Gasteiger partial charge < -0.3 is 15.0 Å². The third-order valence-corrected chi connectivity index (χ3v) is 3.72. The van der Waals surface area contributed by atoms with E-state index in [-0.39, 0.29) is 11.3 Å². The molecule has 0 atom stereocenters. The molecule has 0 radical (unpaired) electrons. The van der Waals surface area contributed by atoms with Crippen molar-refractivity contribution in [2.45, 2.75) is 50.1 Å². The fourth-order valence-corrected chi connectivity index (χ4v) is 4.54. The van der Waals surface area contributed by atoms with E-state index in [9.17, 15) is 9.90 Å². The molecule has 0 bridgehead atoms. The third kappa shape index (κ3) is 9.58. The predicted molar refractivity (Wildman–Crippen MR) is 77.6 cm³/mol. The molecular formula is C15H23AlO3. The smallest absolute Gasteiger partial charge is 0.124 e. The molecule has 1 rings (SSSR count). The summed E-state index contributed by atoms with van der Waals surface area (Å²) in [7, 11) is 0. The number of carbonyl (C=O) groups excluding carboxylic acids is 1. The Balaban J connectivity index is 0.000000344. The molecule has 19 heavy (non-hydrogen) atoms. The molecular weight excluding hydrogens is 255 g/mol. The zero-order chi connectivity index (χ0) is 15.3. The molecule has 1 aromatic rings. The molecule has 0 aliphatic heterocycles. The number of hydrogen-bond acceptors (Lipinski definition) is 3. The average Bonchev–Trinajstić information content (AvgIpc) is 2.12. The molecule has 0 aromatic heterocycles. The van der Waals surface area contributed by atoms with E-state index >= 15 is 0 Å². The molecule has 0 heterocycles. The molecule has 0 spiro atoms. The Morgan fingerprint density at radius 3 is 1.68 bits per heavy atom. The topological polar surface area (TPSA) is 60.4 Å². The van der Waals surface area contributed by atoms with E-state index < -0.39 is 5.97 Å². The van der Waals surface area contributed by atoms with Crippen LogP contribution in [0.25, 0.3) is 0 Å². The Hall–Kier alpha value is -0.978. The zero-order valence-corrected chi connectivity index (χ0v) is 13.8. The first-order valence-electron chi connectivity index (χ1n) is 6.29. The van der Waals surface area contributed by atoms with E-state index in [0.717, 1.165) is 0 Å². The summed E-state index contributed by atoms with van der Waals surface area (Å²) in [5.74, 6) is -1.62. The quantitative estimate of drug-likeness (QED) is 0.803. The maximum absolute atomic E-state index is 10.2. The number of hydrogen-bond donors (Lipinski definition) is 1. The van der Waals surface area contributed by atoms with Crippen molar-refractivity contribution in [2.24, 2.45) is 0 Å². The van der Waals surface area contributed by atoms with Gasteiger partial charge in [0.15, 0.2) is 0 Å². The second kappa shape index (κ2) is 6.98. The van der Waals surface area contributed by atoms with Crippen LogP contribution in [0.5, 0.6) is 5.75 Å². The van der Waals surface area contributed by atoms with Gasteiger partial charge in [-0.05, 0) is 12.1 Å². The number of para-hydroxylation sites is 1. The minimum atomic E-state index is -1.36. The van der Waals surface area contributed by atoms with Crippen molar-refractivity contribution >= 4 is 21.2 Å². The Morgan fingerprint density at radius 1 is 1.05 bits per heavy atom. The van der Waals surface area contributed by atoms with Crippen LogP contribution in [0.4, 0.5) is 0 Å². The number of phenols is 1. The van der Waals surface area contributed by atoms with Gasteiger partial charge in [-0.15, -0.1) is 0 Å². The second-order valence-electron chi connectivity index (χ2n) is 6.68. The van der Waals surface area contributed by atoms with Gasteiger partial charge in [0.2, 0.25) is 0 Å². The largest absolute Gasteiger partial charge is 0.545 e. The van der Waals surface area contributed by atoms with Crippen LogP contribution in [0.2, 0.25) is 8.55 Å². The summed E-state index contributed by atoms with van der Waals surface area (Å²) in [5.41, 5.74) is -0.178. The molecule has 0 fully saturated rings. The third-order valence-electron chi connectivity index (χ3n) is 1.99. The van der Waals surface area contributed by atoms with E-state index in [2.05, 4.69) is 41.5 Å². The van der Waals surface area contributed by atoms with Gasteiger partial charge in [0.25, 0.3) is 0 Å². The van der Waals surface area contributed by atoms with Crippen molar-refractivity contribution in [2.75, 3.05) is 0 Å². The van der Waals surface area contributed by atoms with Gasteiger partial charge in [0.05, 0.1) is 5.97 Å². The van der Waals surface area contributed by atoms with Crippen molar-refractivity contribution in [3.8, 4) is 5.75 Å². The average molecular weight is 278 g/mol. The number of carbonyl (C=O) groups is 1.